The average Bonchev–Trinajstić information content (AvgIpc) is 3.17. The fourth-order valence-corrected chi connectivity index (χ4v) is 4.10. The first-order valence-corrected chi connectivity index (χ1v) is 10.4. The number of hydrogen-bond donors (Lipinski definition) is 0. The second-order valence-corrected chi connectivity index (χ2v) is 8.07. The third kappa shape index (κ3) is 4.25. The van der Waals surface area contributed by atoms with Crippen molar-refractivity contribution in [1.29, 1.82) is 0 Å². The molecule has 0 N–H and O–H groups in total. The Morgan fingerprint density at radius 1 is 1.13 bits per heavy atom. The number of fused-ring (bicyclic) bond motifs is 1. The van der Waals surface area contributed by atoms with E-state index in [1.165, 1.54) is 35.0 Å². The van der Waals surface area contributed by atoms with Crippen molar-refractivity contribution in [2.75, 3.05) is 17.2 Å². The summed E-state index contributed by atoms with van der Waals surface area (Å²) in [5.74, 6) is -0.306. The summed E-state index contributed by atoms with van der Waals surface area (Å²) >= 11 is 1.38. The van der Waals surface area contributed by atoms with Crippen molar-refractivity contribution in [2.24, 2.45) is 0 Å². The Labute approximate surface area is 179 Å². The number of alkyl halides is 3. The van der Waals surface area contributed by atoms with E-state index in [1.54, 1.807) is 6.07 Å². The number of thioether (sulfide) groups is 1. The van der Waals surface area contributed by atoms with Crippen LogP contribution in [0.3, 0.4) is 0 Å². The molecule has 0 saturated heterocycles. The zero-order valence-electron chi connectivity index (χ0n) is 16.3. The van der Waals surface area contributed by atoms with Crippen LogP contribution in [0, 0.1) is 5.82 Å². The lowest BCUT2D eigenvalue weighted by molar-refractivity contribution is -0.137. The van der Waals surface area contributed by atoms with Crippen LogP contribution in [0.15, 0.2) is 47.8 Å². The molecule has 160 valence electrons. The lowest BCUT2D eigenvalue weighted by Crippen LogP contribution is -2.30. The van der Waals surface area contributed by atoms with Crippen molar-refractivity contribution in [2.45, 2.75) is 24.4 Å². The molecule has 0 bridgehead atoms. The highest BCUT2D eigenvalue weighted by molar-refractivity contribution is 7.99. The maximum absolute atomic E-state index is 13.2. The minimum absolute atomic E-state index is 0.142. The number of carbonyl (C=O) groups excluding carboxylic acids is 1. The molecule has 0 spiro atoms. The fraction of sp³-hybridized carbons (Fsp3) is 0.238. The van der Waals surface area contributed by atoms with Crippen LogP contribution in [0.5, 0.6) is 0 Å². The first kappa shape index (κ1) is 21.2. The van der Waals surface area contributed by atoms with Gasteiger partial charge in [-0.3, -0.25) is 14.8 Å². The molecule has 0 saturated carbocycles. The minimum Gasteiger partial charge on any atom is -0.305 e. The van der Waals surface area contributed by atoms with Crippen LogP contribution in [0.4, 0.5) is 23.2 Å². The van der Waals surface area contributed by atoms with E-state index in [0.717, 1.165) is 18.5 Å². The van der Waals surface area contributed by atoms with Gasteiger partial charge in [0.1, 0.15) is 11.5 Å². The summed E-state index contributed by atoms with van der Waals surface area (Å²) < 4.78 is 52.5. The first-order chi connectivity index (χ1) is 14.8. The zero-order chi connectivity index (χ0) is 22.2. The van der Waals surface area contributed by atoms with Crippen molar-refractivity contribution in [3.05, 3.63) is 65.6 Å². The van der Waals surface area contributed by atoms with E-state index in [9.17, 15) is 22.4 Å². The number of aromatic nitrogens is 3. The Hall–Kier alpha value is -3.01. The molecule has 0 aliphatic carbocycles. The topological polar surface area (TPSA) is 59.0 Å². The highest BCUT2D eigenvalue weighted by Gasteiger charge is 2.35. The second kappa shape index (κ2) is 8.26. The molecule has 3 aromatic heterocycles. The number of halogens is 4. The van der Waals surface area contributed by atoms with Crippen LogP contribution in [-0.2, 0) is 12.6 Å². The van der Waals surface area contributed by atoms with Crippen LogP contribution in [0.25, 0.3) is 11.3 Å². The molecule has 1 amide bonds. The molecule has 31 heavy (non-hydrogen) atoms. The van der Waals surface area contributed by atoms with Gasteiger partial charge in [0.05, 0.1) is 28.8 Å². The average molecular weight is 448 g/mol. The van der Waals surface area contributed by atoms with Gasteiger partial charge in [-0.2, -0.15) is 13.2 Å². The summed E-state index contributed by atoms with van der Waals surface area (Å²) in [7, 11) is 0. The number of pyridine rings is 3. The number of amides is 1. The summed E-state index contributed by atoms with van der Waals surface area (Å²) in [4.78, 5) is 27.3. The van der Waals surface area contributed by atoms with Crippen LogP contribution in [0.1, 0.15) is 28.7 Å². The lowest BCUT2D eigenvalue weighted by Gasteiger charge is -2.19. The zero-order valence-corrected chi connectivity index (χ0v) is 17.1. The molecule has 5 nitrogen and oxygen atoms in total. The number of hydrogen-bond acceptors (Lipinski definition) is 5. The summed E-state index contributed by atoms with van der Waals surface area (Å²) in [6.07, 6.45) is -0.854. The van der Waals surface area contributed by atoms with Crippen molar-refractivity contribution < 1.29 is 22.4 Å². The maximum atomic E-state index is 13.2. The Morgan fingerprint density at radius 2 is 1.94 bits per heavy atom. The van der Waals surface area contributed by atoms with Crippen LogP contribution < -0.4 is 4.90 Å². The number of nitrogens with zero attached hydrogens (tertiary/aromatic N) is 4. The predicted molar refractivity (Wildman–Crippen MR) is 108 cm³/mol. The van der Waals surface area contributed by atoms with Gasteiger partial charge in [-0.1, -0.05) is 6.92 Å². The molecule has 0 fully saturated rings. The highest BCUT2D eigenvalue weighted by atomic mass is 32.2. The summed E-state index contributed by atoms with van der Waals surface area (Å²) in [5.41, 5.74) is 0.936. The number of anilines is 1. The van der Waals surface area contributed by atoms with Crippen molar-refractivity contribution in [3.8, 4) is 11.3 Å². The van der Waals surface area contributed by atoms with Gasteiger partial charge in [0.25, 0.3) is 5.91 Å². The number of rotatable bonds is 4. The van der Waals surface area contributed by atoms with Gasteiger partial charge >= 0.3 is 6.18 Å². The molecule has 4 rings (SSSR count). The van der Waals surface area contributed by atoms with E-state index in [1.807, 2.05) is 6.92 Å². The number of carbonyl (C=O) groups is 1. The van der Waals surface area contributed by atoms with E-state index in [-0.39, 0.29) is 17.9 Å². The van der Waals surface area contributed by atoms with Crippen LogP contribution in [0.2, 0.25) is 0 Å². The molecule has 0 unspecified atom stereocenters. The molecule has 1 aliphatic rings. The van der Waals surface area contributed by atoms with E-state index in [0.29, 0.717) is 34.0 Å². The van der Waals surface area contributed by atoms with Gasteiger partial charge in [-0.25, -0.2) is 9.37 Å². The molecule has 0 radical (unpaired) electrons. The van der Waals surface area contributed by atoms with Gasteiger partial charge in [-0.15, -0.1) is 11.8 Å². The van der Waals surface area contributed by atoms with Gasteiger partial charge in [-0.05, 0) is 30.0 Å². The third-order valence-corrected chi connectivity index (χ3v) is 5.67. The lowest BCUT2D eigenvalue weighted by atomic mass is 10.1. The van der Waals surface area contributed by atoms with Crippen LogP contribution in [-0.4, -0.2) is 33.2 Å². The van der Waals surface area contributed by atoms with E-state index in [2.05, 4.69) is 15.0 Å². The molecule has 10 heteroatoms. The Bertz CT molecular complexity index is 1140. The summed E-state index contributed by atoms with van der Waals surface area (Å²) in [5, 5.41) is 0. The molecular weight excluding hydrogens is 432 g/mol. The van der Waals surface area contributed by atoms with Gasteiger partial charge < -0.3 is 4.90 Å². The third-order valence-electron chi connectivity index (χ3n) is 4.76. The summed E-state index contributed by atoms with van der Waals surface area (Å²) in [6.45, 7) is 2.13. The minimum atomic E-state index is -4.55. The van der Waals surface area contributed by atoms with Gasteiger partial charge in [0, 0.05) is 35.8 Å². The molecular formula is C21H16F4N4OS. The molecule has 1 aliphatic heterocycles. The molecule has 0 atom stereocenters. The predicted octanol–water partition coefficient (Wildman–Crippen LogP) is 5.01. The largest absolute Gasteiger partial charge is 0.417 e. The normalized spacial score (nSPS) is 13.4. The van der Waals surface area contributed by atoms with Crippen molar-refractivity contribution in [1.82, 2.24) is 15.0 Å². The van der Waals surface area contributed by atoms with Gasteiger partial charge in [0.2, 0.25) is 0 Å². The van der Waals surface area contributed by atoms with E-state index < -0.39 is 23.5 Å². The highest BCUT2D eigenvalue weighted by Crippen LogP contribution is 2.36. The van der Waals surface area contributed by atoms with Crippen molar-refractivity contribution in [3.63, 3.8) is 0 Å². The van der Waals surface area contributed by atoms with Crippen molar-refractivity contribution >= 4 is 23.4 Å². The van der Waals surface area contributed by atoms with E-state index >= 15 is 0 Å². The second-order valence-electron chi connectivity index (χ2n) is 6.76. The van der Waals surface area contributed by atoms with Gasteiger partial charge in [0.15, 0.2) is 0 Å². The SMILES string of the molecule is CCSc1cc(-c2ccc(F)cn2)cnc1C(=O)N1CCc2ncc(C(F)(F)F)cc21. The molecule has 4 heterocycles. The maximum Gasteiger partial charge on any atom is 0.417 e. The quantitative estimate of drug-likeness (QED) is 0.415. The smallest absolute Gasteiger partial charge is 0.305 e. The standard InChI is InChI=1S/C21H16F4N4OS/c1-2-31-18-7-12(15-4-3-14(22)11-27-15)9-28-19(18)20(30)29-6-5-16-17(29)8-13(10-26-16)21(23,24)25/h3-4,7-11H,2,5-6H2,1H3. The first-order valence-electron chi connectivity index (χ1n) is 9.40. The Balaban J connectivity index is 1.70. The summed E-state index contributed by atoms with van der Waals surface area (Å²) in [6, 6.07) is 5.47. The van der Waals surface area contributed by atoms with E-state index in [4.69, 9.17) is 0 Å². The Kier molecular flexibility index (Phi) is 5.65. The molecule has 3 aromatic rings. The van der Waals surface area contributed by atoms with Crippen LogP contribution >= 0.6 is 11.8 Å². The molecule has 0 aromatic carbocycles. The Morgan fingerprint density at radius 3 is 2.61 bits per heavy atom. The monoisotopic (exact) mass is 448 g/mol. The fourth-order valence-electron chi connectivity index (χ4n) is 3.30.